The molecule has 0 aliphatic heterocycles. The largest absolute Gasteiger partial charge is 0.453 e. The van der Waals surface area contributed by atoms with Gasteiger partial charge in [0.2, 0.25) is 11.7 Å². The second-order valence-electron chi connectivity index (χ2n) is 7.31. The molecular weight excluding hydrogens is 396 g/mol. The molecule has 6 nitrogen and oxygen atoms in total. The molecule has 2 heterocycles. The number of fused-ring (bicyclic) bond motifs is 1. The molecule has 0 saturated heterocycles. The van der Waals surface area contributed by atoms with Gasteiger partial charge < -0.3 is 9.73 Å². The molecule has 0 unspecified atom stereocenters. The van der Waals surface area contributed by atoms with Crippen LogP contribution in [0.25, 0.3) is 22.6 Å². The molecule has 0 spiro atoms. The van der Waals surface area contributed by atoms with Gasteiger partial charge in [0.25, 0.3) is 0 Å². The number of hydrogen-bond acceptors (Lipinski definition) is 5. The highest BCUT2D eigenvalue weighted by atomic mass is 32.2. The Morgan fingerprint density at radius 2 is 1.90 bits per heavy atom. The Labute approximate surface area is 179 Å². The predicted octanol–water partition coefficient (Wildman–Crippen LogP) is 5.57. The zero-order chi connectivity index (χ0) is 21.1. The van der Waals surface area contributed by atoms with Gasteiger partial charge in [-0.3, -0.25) is 9.36 Å². The molecule has 0 saturated carbocycles. The van der Waals surface area contributed by atoms with Crippen molar-refractivity contribution < 1.29 is 9.21 Å². The average molecular weight is 421 g/mol. The summed E-state index contributed by atoms with van der Waals surface area (Å²) in [6, 6.07) is 17.8. The van der Waals surface area contributed by atoms with Crippen LogP contribution in [-0.2, 0) is 11.3 Å². The number of carbonyl (C=O) groups excluding carboxylic acids is 1. The molecule has 30 heavy (non-hydrogen) atoms. The zero-order valence-electron chi connectivity index (χ0n) is 17.3. The van der Waals surface area contributed by atoms with Gasteiger partial charge in [-0.05, 0) is 42.7 Å². The van der Waals surface area contributed by atoms with Crippen molar-refractivity contribution in [2.24, 2.45) is 0 Å². The van der Waals surface area contributed by atoms with Gasteiger partial charge in [0.15, 0.2) is 10.9 Å². The quantitative estimate of drug-likeness (QED) is 0.396. The number of aromatic nitrogens is 3. The van der Waals surface area contributed by atoms with E-state index in [1.54, 1.807) is 0 Å². The van der Waals surface area contributed by atoms with Crippen molar-refractivity contribution in [3.05, 3.63) is 60.2 Å². The van der Waals surface area contributed by atoms with Crippen molar-refractivity contribution in [3.63, 3.8) is 0 Å². The summed E-state index contributed by atoms with van der Waals surface area (Å²) >= 11 is 1.37. The molecule has 7 heteroatoms. The van der Waals surface area contributed by atoms with Gasteiger partial charge in [-0.2, -0.15) is 0 Å². The second kappa shape index (κ2) is 8.75. The lowest BCUT2D eigenvalue weighted by molar-refractivity contribution is -0.113. The molecule has 0 atom stereocenters. The van der Waals surface area contributed by atoms with E-state index in [-0.39, 0.29) is 11.7 Å². The summed E-state index contributed by atoms with van der Waals surface area (Å²) in [5.41, 5.74) is 2.86. The van der Waals surface area contributed by atoms with Gasteiger partial charge in [0.1, 0.15) is 5.58 Å². The maximum absolute atomic E-state index is 12.4. The van der Waals surface area contributed by atoms with Crippen LogP contribution in [0.5, 0.6) is 0 Å². The van der Waals surface area contributed by atoms with Crippen LogP contribution >= 0.6 is 11.8 Å². The number of nitrogens with one attached hydrogen (secondary N) is 1. The van der Waals surface area contributed by atoms with Crippen LogP contribution in [0.3, 0.4) is 0 Å². The molecule has 0 bridgehead atoms. The zero-order valence-corrected chi connectivity index (χ0v) is 18.1. The number of hydrogen-bond donors (Lipinski definition) is 1. The van der Waals surface area contributed by atoms with Crippen molar-refractivity contribution in [1.82, 2.24) is 14.8 Å². The van der Waals surface area contributed by atoms with E-state index in [4.69, 9.17) is 4.42 Å². The number of para-hydroxylation sites is 1. The summed E-state index contributed by atoms with van der Waals surface area (Å²) < 4.78 is 7.89. The predicted molar refractivity (Wildman–Crippen MR) is 121 cm³/mol. The normalized spacial score (nSPS) is 11.3. The van der Waals surface area contributed by atoms with E-state index in [1.807, 2.05) is 66.1 Å². The van der Waals surface area contributed by atoms with Crippen molar-refractivity contribution in [1.29, 1.82) is 0 Å². The molecule has 0 aliphatic rings. The standard InChI is InChI=1S/C23H24N4O2S/c1-4-27-22(20-13-17-7-5-6-8-19(17)29-20)25-26-23(27)30-14-21(28)24-18-11-9-16(10-12-18)15(2)3/h5-13,15H,4,14H2,1-3H3,(H,24,28). The number of furan rings is 1. The van der Waals surface area contributed by atoms with Crippen LogP contribution in [0.15, 0.2) is 64.2 Å². The fourth-order valence-corrected chi connectivity index (χ4v) is 4.04. The van der Waals surface area contributed by atoms with Crippen molar-refractivity contribution in [3.8, 4) is 11.6 Å². The van der Waals surface area contributed by atoms with Crippen LogP contribution in [0.1, 0.15) is 32.3 Å². The van der Waals surface area contributed by atoms with E-state index in [1.165, 1.54) is 17.3 Å². The summed E-state index contributed by atoms with van der Waals surface area (Å²) in [4.78, 5) is 12.4. The summed E-state index contributed by atoms with van der Waals surface area (Å²) in [5, 5.41) is 13.2. The topological polar surface area (TPSA) is 73.0 Å². The monoisotopic (exact) mass is 420 g/mol. The van der Waals surface area contributed by atoms with Gasteiger partial charge in [0.05, 0.1) is 5.75 Å². The van der Waals surface area contributed by atoms with Crippen molar-refractivity contribution in [2.75, 3.05) is 11.1 Å². The first-order valence-electron chi connectivity index (χ1n) is 10.00. The number of benzene rings is 2. The van der Waals surface area contributed by atoms with Crippen molar-refractivity contribution >= 4 is 34.3 Å². The fraction of sp³-hybridized carbons (Fsp3) is 0.261. The molecule has 4 aromatic rings. The SMILES string of the molecule is CCn1c(SCC(=O)Nc2ccc(C(C)C)cc2)nnc1-c1cc2ccccc2o1. The van der Waals surface area contributed by atoms with Crippen molar-refractivity contribution in [2.45, 2.75) is 38.4 Å². The van der Waals surface area contributed by atoms with Crippen LogP contribution in [-0.4, -0.2) is 26.4 Å². The van der Waals surface area contributed by atoms with E-state index in [2.05, 4.69) is 29.4 Å². The Kier molecular flexibility index (Phi) is 5.90. The maximum atomic E-state index is 12.4. The number of nitrogens with zero attached hydrogens (tertiary/aromatic N) is 3. The Morgan fingerprint density at radius 1 is 1.13 bits per heavy atom. The van der Waals surface area contributed by atoms with Gasteiger partial charge in [0, 0.05) is 17.6 Å². The number of amides is 1. The number of thioether (sulfide) groups is 1. The molecule has 0 aliphatic carbocycles. The summed E-state index contributed by atoms with van der Waals surface area (Å²) in [6.07, 6.45) is 0. The third-order valence-electron chi connectivity index (χ3n) is 4.87. The Bertz CT molecular complexity index is 1130. The van der Waals surface area contributed by atoms with Gasteiger partial charge in [-0.25, -0.2) is 0 Å². The fourth-order valence-electron chi connectivity index (χ4n) is 3.23. The Morgan fingerprint density at radius 3 is 2.60 bits per heavy atom. The minimum Gasteiger partial charge on any atom is -0.453 e. The van der Waals surface area contributed by atoms with Gasteiger partial charge in [-0.15, -0.1) is 10.2 Å². The molecule has 154 valence electrons. The molecule has 2 aromatic carbocycles. The Hall–Kier alpha value is -3.06. The third-order valence-corrected chi connectivity index (χ3v) is 5.84. The van der Waals surface area contributed by atoms with E-state index >= 15 is 0 Å². The van der Waals surface area contributed by atoms with Gasteiger partial charge in [-0.1, -0.05) is 55.9 Å². The molecule has 1 N–H and O–H groups in total. The number of carbonyl (C=O) groups is 1. The first-order chi connectivity index (χ1) is 14.5. The second-order valence-corrected chi connectivity index (χ2v) is 8.25. The average Bonchev–Trinajstić information content (AvgIpc) is 3.36. The minimum absolute atomic E-state index is 0.0757. The first kappa shape index (κ1) is 20.2. The van der Waals surface area contributed by atoms with E-state index in [0.29, 0.717) is 29.2 Å². The molecular formula is C23H24N4O2S. The van der Waals surface area contributed by atoms with Crippen LogP contribution in [0, 0.1) is 0 Å². The number of rotatable bonds is 7. The highest BCUT2D eigenvalue weighted by Crippen LogP contribution is 2.29. The van der Waals surface area contributed by atoms with E-state index < -0.39 is 0 Å². The minimum atomic E-state index is -0.0757. The van der Waals surface area contributed by atoms with E-state index in [0.717, 1.165) is 16.7 Å². The lowest BCUT2D eigenvalue weighted by atomic mass is 10.0. The Balaban J connectivity index is 1.44. The summed E-state index contributed by atoms with van der Waals surface area (Å²) in [5.74, 6) is 1.98. The molecule has 4 rings (SSSR count). The molecule has 0 radical (unpaired) electrons. The lowest BCUT2D eigenvalue weighted by Gasteiger charge is -2.09. The lowest BCUT2D eigenvalue weighted by Crippen LogP contribution is -2.14. The third kappa shape index (κ3) is 4.26. The maximum Gasteiger partial charge on any atom is 0.234 e. The first-order valence-corrected chi connectivity index (χ1v) is 11.0. The van der Waals surface area contributed by atoms with Gasteiger partial charge >= 0.3 is 0 Å². The summed E-state index contributed by atoms with van der Waals surface area (Å²) in [6.45, 7) is 7.00. The molecule has 2 aromatic heterocycles. The highest BCUT2D eigenvalue weighted by Gasteiger charge is 2.18. The smallest absolute Gasteiger partial charge is 0.234 e. The van der Waals surface area contributed by atoms with Crippen LogP contribution in [0.4, 0.5) is 5.69 Å². The molecule has 1 amide bonds. The number of anilines is 1. The highest BCUT2D eigenvalue weighted by molar-refractivity contribution is 7.99. The van der Waals surface area contributed by atoms with Crippen LogP contribution in [0.2, 0.25) is 0 Å². The van der Waals surface area contributed by atoms with Crippen LogP contribution < -0.4 is 5.32 Å². The van der Waals surface area contributed by atoms with E-state index in [9.17, 15) is 4.79 Å². The molecule has 0 fully saturated rings. The summed E-state index contributed by atoms with van der Waals surface area (Å²) in [7, 11) is 0.